The number of amides is 1. The summed E-state index contributed by atoms with van der Waals surface area (Å²) in [5.41, 5.74) is 0.530. The summed E-state index contributed by atoms with van der Waals surface area (Å²) in [6.07, 6.45) is 0.624. The van der Waals surface area contributed by atoms with Gasteiger partial charge < -0.3 is 4.74 Å². The third-order valence-corrected chi connectivity index (χ3v) is 3.79. The Morgan fingerprint density at radius 3 is 2.48 bits per heavy atom. The Bertz CT molecular complexity index is 878. The number of halogens is 1. The van der Waals surface area contributed by atoms with Gasteiger partial charge in [0.05, 0.1) is 11.5 Å². The number of benzene rings is 1. The van der Waals surface area contributed by atoms with Gasteiger partial charge in [0.25, 0.3) is 0 Å². The molecule has 0 aliphatic heterocycles. The van der Waals surface area contributed by atoms with E-state index in [-0.39, 0.29) is 18.1 Å². The third kappa shape index (κ3) is 4.99. The largest absolute Gasteiger partial charge is 0.443 e. The van der Waals surface area contributed by atoms with Gasteiger partial charge in [-0.25, -0.2) is 14.2 Å². The number of ether oxygens (including phenoxy) is 1. The van der Waals surface area contributed by atoms with Gasteiger partial charge in [0, 0.05) is 11.8 Å². The van der Waals surface area contributed by atoms with Gasteiger partial charge in [-0.1, -0.05) is 6.07 Å². The van der Waals surface area contributed by atoms with Crippen LogP contribution in [0, 0.1) is 29.8 Å². The molecule has 1 amide bonds. The number of anilines is 1. The van der Waals surface area contributed by atoms with Gasteiger partial charge in [0.1, 0.15) is 11.4 Å². The van der Waals surface area contributed by atoms with E-state index in [1.165, 1.54) is 30.5 Å². The number of aryl methyl sites for hydroxylation is 2. The predicted octanol–water partition coefficient (Wildman–Crippen LogP) is 4.69. The number of carbonyl (C=O) groups is 1. The van der Waals surface area contributed by atoms with E-state index in [9.17, 15) is 19.3 Å². The van der Waals surface area contributed by atoms with Crippen molar-refractivity contribution in [3.8, 4) is 0 Å². The van der Waals surface area contributed by atoms with Crippen molar-refractivity contribution in [2.24, 2.45) is 0 Å². The van der Waals surface area contributed by atoms with Crippen molar-refractivity contribution in [2.75, 3.05) is 4.90 Å². The van der Waals surface area contributed by atoms with E-state index in [1.807, 2.05) is 0 Å². The fourth-order valence-corrected chi connectivity index (χ4v) is 2.51. The van der Waals surface area contributed by atoms with Crippen molar-refractivity contribution < 1.29 is 18.8 Å². The number of nitrogens with zero attached hydrogens (tertiary/aromatic N) is 3. The first-order valence-corrected chi connectivity index (χ1v) is 8.35. The maximum absolute atomic E-state index is 13.4. The monoisotopic (exact) mass is 375 g/mol. The van der Waals surface area contributed by atoms with Crippen molar-refractivity contribution in [1.82, 2.24) is 4.98 Å². The predicted molar refractivity (Wildman–Crippen MR) is 99.2 cm³/mol. The van der Waals surface area contributed by atoms with Crippen LogP contribution < -0.4 is 4.90 Å². The van der Waals surface area contributed by atoms with Crippen LogP contribution in [0.2, 0.25) is 0 Å². The number of carbonyl (C=O) groups excluding carboxylic acids is 1. The quantitative estimate of drug-likeness (QED) is 0.572. The molecule has 1 aromatic heterocycles. The number of pyridine rings is 1. The molecule has 0 radical (unpaired) electrons. The van der Waals surface area contributed by atoms with Crippen LogP contribution in [0.25, 0.3) is 0 Å². The van der Waals surface area contributed by atoms with Gasteiger partial charge in [-0.15, -0.1) is 0 Å². The van der Waals surface area contributed by atoms with E-state index >= 15 is 0 Å². The zero-order valence-corrected chi connectivity index (χ0v) is 15.9. The molecule has 7 nitrogen and oxygen atoms in total. The number of hydrogen-bond donors (Lipinski definition) is 0. The molecule has 2 aromatic rings. The number of nitro groups is 1. The summed E-state index contributed by atoms with van der Waals surface area (Å²) in [6.45, 7) is 8.32. The molecule has 0 atom stereocenters. The number of rotatable bonds is 4. The Balaban J connectivity index is 2.56. The molecular formula is C19H22FN3O4. The first-order valence-electron chi connectivity index (χ1n) is 8.35. The lowest BCUT2D eigenvalue weighted by atomic mass is 10.1. The van der Waals surface area contributed by atoms with Crippen molar-refractivity contribution in [2.45, 2.75) is 46.8 Å². The molecule has 144 valence electrons. The summed E-state index contributed by atoms with van der Waals surface area (Å²) in [7, 11) is 0. The van der Waals surface area contributed by atoms with Crippen molar-refractivity contribution in [3.05, 3.63) is 63.1 Å². The van der Waals surface area contributed by atoms with Gasteiger partial charge in [-0.05, 0) is 63.9 Å². The van der Waals surface area contributed by atoms with Gasteiger partial charge in [-0.3, -0.25) is 15.0 Å². The molecular weight excluding hydrogens is 353 g/mol. The topological polar surface area (TPSA) is 85.6 Å². The summed E-state index contributed by atoms with van der Waals surface area (Å²) >= 11 is 0. The van der Waals surface area contributed by atoms with Gasteiger partial charge in [0.2, 0.25) is 5.82 Å². The summed E-state index contributed by atoms with van der Waals surface area (Å²) < 4.78 is 18.8. The highest BCUT2D eigenvalue weighted by Gasteiger charge is 2.31. The molecule has 0 saturated carbocycles. The van der Waals surface area contributed by atoms with Crippen molar-refractivity contribution in [3.63, 3.8) is 0 Å². The van der Waals surface area contributed by atoms with E-state index in [2.05, 4.69) is 4.98 Å². The maximum Gasteiger partial charge on any atom is 0.416 e. The second-order valence-corrected chi connectivity index (χ2v) is 7.19. The van der Waals surface area contributed by atoms with Crippen LogP contribution in [0.15, 0.2) is 30.5 Å². The maximum atomic E-state index is 13.4. The van der Waals surface area contributed by atoms with E-state index < -0.39 is 22.4 Å². The lowest BCUT2D eigenvalue weighted by Gasteiger charge is -2.27. The summed E-state index contributed by atoms with van der Waals surface area (Å²) in [5.74, 6) is -0.516. The lowest BCUT2D eigenvalue weighted by Crippen LogP contribution is -2.37. The highest BCUT2D eigenvalue weighted by Crippen LogP contribution is 2.31. The second-order valence-electron chi connectivity index (χ2n) is 7.19. The molecule has 0 aliphatic carbocycles. The Morgan fingerprint density at radius 2 is 1.93 bits per heavy atom. The Labute approximate surface area is 156 Å². The molecule has 8 heteroatoms. The van der Waals surface area contributed by atoms with Crippen LogP contribution in [0.1, 0.15) is 37.5 Å². The zero-order chi connectivity index (χ0) is 20.4. The Hall–Kier alpha value is -3.03. The van der Waals surface area contributed by atoms with Gasteiger partial charge in [0.15, 0.2) is 0 Å². The Morgan fingerprint density at radius 1 is 1.26 bits per heavy atom. The van der Waals surface area contributed by atoms with E-state index in [1.54, 1.807) is 34.6 Å². The van der Waals surface area contributed by atoms with Crippen LogP contribution in [-0.2, 0) is 11.3 Å². The molecule has 1 aromatic carbocycles. The second kappa shape index (κ2) is 7.69. The fraction of sp³-hybridized carbons (Fsp3) is 0.368. The molecule has 0 N–H and O–H groups in total. The molecule has 0 aliphatic rings. The van der Waals surface area contributed by atoms with Crippen molar-refractivity contribution >= 4 is 17.6 Å². The third-order valence-electron chi connectivity index (χ3n) is 3.79. The van der Waals surface area contributed by atoms with Gasteiger partial charge >= 0.3 is 11.8 Å². The molecule has 0 saturated heterocycles. The zero-order valence-electron chi connectivity index (χ0n) is 15.9. The molecule has 0 spiro atoms. The molecule has 0 bridgehead atoms. The standard InChI is InChI=1S/C19H22FN3O4/c1-12-8-9-21-17(16(12)23(25)26)22(18(24)27-19(3,4)5)11-14-6-7-15(20)10-13(14)2/h6-10H,11H2,1-5H3. The molecule has 0 fully saturated rings. The van der Waals surface area contributed by atoms with Crippen LogP contribution in [0.4, 0.5) is 20.7 Å². The molecule has 0 unspecified atom stereocenters. The summed E-state index contributed by atoms with van der Waals surface area (Å²) in [5, 5.41) is 11.6. The highest BCUT2D eigenvalue weighted by molar-refractivity contribution is 5.89. The van der Waals surface area contributed by atoms with E-state index in [0.717, 1.165) is 4.90 Å². The smallest absolute Gasteiger partial charge is 0.416 e. The average molecular weight is 375 g/mol. The normalized spacial score (nSPS) is 11.2. The van der Waals surface area contributed by atoms with Crippen LogP contribution in [0.5, 0.6) is 0 Å². The average Bonchev–Trinajstić information content (AvgIpc) is 2.51. The summed E-state index contributed by atoms with van der Waals surface area (Å²) in [4.78, 5) is 28.9. The van der Waals surface area contributed by atoms with E-state index in [4.69, 9.17) is 4.74 Å². The SMILES string of the molecule is Cc1cc(F)ccc1CN(C(=O)OC(C)(C)C)c1nccc(C)c1[N+](=O)[O-]. The first kappa shape index (κ1) is 20.3. The van der Waals surface area contributed by atoms with Gasteiger partial charge in [-0.2, -0.15) is 0 Å². The van der Waals surface area contributed by atoms with Crippen LogP contribution in [-0.4, -0.2) is 21.6 Å². The fourth-order valence-electron chi connectivity index (χ4n) is 2.51. The van der Waals surface area contributed by atoms with Crippen molar-refractivity contribution in [1.29, 1.82) is 0 Å². The molecule has 2 rings (SSSR count). The molecule has 1 heterocycles. The van der Waals surface area contributed by atoms with Crippen LogP contribution in [0.3, 0.4) is 0 Å². The highest BCUT2D eigenvalue weighted by atomic mass is 19.1. The number of hydrogen-bond acceptors (Lipinski definition) is 5. The lowest BCUT2D eigenvalue weighted by molar-refractivity contribution is -0.384. The van der Waals surface area contributed by atoms with E-state index in [0.29, 0.717) is 16.7 Å². The molecule has 27 heavy (non-hydrogen) atoms. The first-order chi connectivity index (χ1) is 12.5. The van der Waals surface area contributed by atoms with Crippen LogP contribution >= 0.6 is 0 Å². The number of aromatic nitrogens is 1. The minimum atomic E-state index is -0.800. The summed E-state index contributed by atoms with van der Waals surface area (Å²) in [6, 6.07) is 5.64. The Kier molecular flexibility index (Phi) is 5.78. The minimum Gasteiger partial charge on any atom is -0.443 e. The minimum absolute atomic E-state index is 0.0433.